The summed E-state index contributed by atoms with van der Waals surface area (Å²) in [5.41, 5.74) is 1.67. The highest BCUT2D eigenvalue weighted by Crippen LogP contribution is 2.46. The predicted octanol–water partition coefficient (Wildman–Crippen LogP) is 3.03. The molecule has 3 heterocycles. The molecule has 0 bridgehead atoms. The maximum Gasteiger partial charge on any atom is 0.329 e. The van der Waals surface area contributed by atoms with Gasteiger partial charge in [-0.2, -0.15) is 0 Å². The van der Waals surface area contributed by atoms with Gasteiger partial charge in [0.2, 0.25) is 0 Å². The summed E-state index contributed by atoms with van der Waals surface area (Å²) >= 11 is 0. The van der Waals surface area contributed by atoms with Crippen LogP contribution < -0.4 is 19.7 Å². The standard InChI is InChI=1S/C23H24FN3O4/c1-30-19-11-14-7-9-26-10-8-23(13-18(26)17(14)12-20(19)31-2)21(28)27(22(29)25-23)16-5-3-15(24)4-6-16/h3-6,11-12,18H,7-10,13H2,1-2H3,(H,25,29)/t18-,23+/m0/s1. The van der Waals surface area contributed by atoms with Crippen LogP contribution in [0, 0.1) is 5.82 Å². The molecule has 0 saturated carbocycles. The second kappa shape index (κ2) is 7.23. The summed E-state index contributed by atoms with van der Waals surface area (Å²) in [4.78, 5) is 29.7. The van der Waals surface area contributed by atoms with Gasteiger partial charge in [0.25, 0.3) is 5.91 Å². The number of fused-ring (bicyclic) bond motifs is 3. The summed E-state index contributed by atoms with van der Waals surface area (Å²) < 4.78 is 24.3. The number of hydrogen-bond donors (Lipinski definition) is 1. The normalized spacial score (nSPS) is 25.3. The molecule has 3 amide bonds. The molecule has 3 aliphatic rings. The summed E-state index contributed by atoms with van der Waals surface area (Å²) in [5, 5.41) is 2.96. The number of anilines is 1. The molecule has 2 fully saturated rings. The Morgan fingerprint density at radius 2 is 1.77 bits per heavy atom. The average molecular weight is 425 g/mol. The summed E-state index contributed by atoms with van der Waals surface area (Å²) in [5.74, 6) is 0.642. The zero-order valence-electron chi connectivity index (χ0n) is 17.5. The third kappa shape index (κ3) is 3.05. The lowest BCUT2D eigenvalue weighted by Gasteiger charge is -2.46. The second-order valence-electron chi connectivity index (χ2n) is 8.29. The van der Waals surface area contributed by atoms with Crippen LogP contribution >= 0.6 is 0 Å². The molecular formula is C23H24FN3O4. The first-order valence-corrected chi connectivity index (χ1v) is 10.4. The van der Waals surface area contributed by atoms with E-state index < -0.39 is 17.4 Å². The van der Waals surface area contributed by atoms with E-state index in [1.165, 1.54) is 29.8 Å². The number of ether oxygens (including phenoxy) is 2. The van der Waals surface area contributed by atoms with Gasteiger partial charge >= 0.3 is 6.03 Å². The third-order valence-corrected chi connectivity index (χ3v) is 6.73. The Morgan fingerprint density at radius 1 is 1.06 bits per heavy atom. The zero-order chi connectivity index (χ0) is 21.8. The van der Waals surface area contributed by atoms with Gasteiger partial charge in [-0.25, -0.2) is 14.1 Å². The predicted molar refractivity (Wildman–Crippen MR) is 112 cm³/mol. The van der Waals surface area contributed by atoms with E-state index in [1.807, 2.05) is 12.1 Å². The molecule has 5 rings (SSSR count). The van der Waals surface area contributed by atoms with Crippen LogP contribution in [-0.4, -0.2) is 49.7 Å². The van der Waals surface area contributed by atoms with Crippen molar-refractivity contribution in [2.75, 3.05) is 32.2 Å². The van der Waals surface area contributed by atoms with Crippen molar-refractivity contribution in [3.05, 3.63) is 53.3 Å². The van der Waals surface area contributed by atoms with Gasteiger partial charge < -0.3 is 14.8 Å². The van der Waals surface area contributed by atoms with Gasteiger partial charge in [0.05, 0.1) is 19.9 Å². The van der Waals surface area contributed by atoms with Crippen molar-refractivity contribution in [3.63, 3.8) is 0 Å². The fourth-order valence-electron chi connectivity index (χ4n) is 5.11. The highest BCUT2D eigenvalue weighted by Gasteiger charge is 2.55. The second-order valence-corrected chi connectivity index (χ2v) is 8.29. The van der Waals surface area contributed by atoms with Crippen LogP contribution in [0.15, 0.2) is 36.4 Å². The maximum absolute atomic E-state index is 13.5. The Balaban J connectivity index is 1.49. The zero-order valence-corrected chi connectivity index (χ0v) is 17.5. The topological polar surface area (TPSA) is 71.1 Å². The molecule has 2 saturated heterocycles. The van der Waals surface area contributed by atoms with Crippen LogP contribution in [-0.2, 0) is 11.2 Å². The van der Waals surface area contributed by atoms with Gasteiger partial charge in [0, 0.05) is 19.1 Å². The summed E-state index contributed by atoms with van der Waals surface area (Å²) in [6, 6.07) is 8.92. The number of urea groups is 1. The number of imide groups is 1. The van der Waals surface area contributed by atoms with Crippen molar-refractivity contribution in [1.82, 2.24) is 10.2 Å². The van der Waals surface area contributed by atoms with Crippen LogP contribution in [0.2, 0.25) is 0 Å². The smallest absolute Gasteiger partial charge is 0.329 e. The minimum absolute atomic E-state index is 0.0188. The van der Waals surface area contributed by atoms with Gasteiger partial charge in [-0.3, -0.25) is 9.69 Å². The van der Waals surface area contributed by atoms with Crippen LogP contribution in [0.4, 0.5) is 14.9 Å². The number of benzene rings is 2. The van der Waals surface area contributed by atoms with E-state index in [9.17, 15) is 14.0 Å². The summed E-state index contributed by atoms with van der Waals surface area (Å²) in [6.45, 7) is 1.58. The Labute approximate surface area is 179 Å². The number of halogens is 1. The van der Waals surface area contributed by atoms with Crippen molar-refractivity contribution in [2.45, 2.75) is 30.8 Å². The van der Waals surface area contributed by atoms with Crippen LogP contribution in [0.5, 0.6) is 11.5 Å². The minimum atomic E-state index is -0.978. The van der Waals surface area contributed by atoms with E-state index in [-0.39, 0.29) is 11.9 Å². The number of amides is 3. The van der Waals surface area contributed by atoms with Gasteiger partial charge in [-0.1, -0.05) is 0 Å². The first-order chi connectivity index (χ1) is 15.0. The Kier molecular flexibility index (Phi) is 4.62. The van der Waals surface area contributed by atoms with Gasteiger partial charge in [0.15, 0.2) is 11.5 Å². The molecule has 2 atom stereocenters. The van der Waals surface area contributed by atoms with Gasteiger partial charge in [-0.05, 0) is 66.8 Å². The van der Waals surface area contributed by atoms with Crippen molar-refractivity contribution in [2.24, 2.45) is 0 Å². The van der Waals surface area contributed by atoms with Crippen LogP contribution in [0.25, 0.3) is 0 Å². The van der Waals surface area contributed by atoms with Crippen molar-refractivity contribution in [1.29, 1.82) is 0 Å². The molecule has 31 heavy (non-hydrogen) atoms. The number of carbonyl (C=O) groups excluding carboxylic acids is 2. The minimum Gasteiger partial charge on any atom is -0.493 e. The highest BCUT2D eigenvalue weighted by atomic mass is 19.1. The largest absolute Gasteiger partial charge is 0.493 e. The molecule has 7 nitrogen and oxygen atoms in total. The van der Waals surface area contributed by atoms with Crippen molar-refractivity contribution < 1.29 is 23.5 Å². The van der Waals surface area contributed by atoms with E-state index in [4.69, 9.17) is 9.47 Å². The number of nitrogens with zero attached hydrogens (tertiary/aromatic N) is 2. The molecule has 3 aliphatic heterocycles. The van der Waals surface area contributed by atoms with Crippen molar-refractivity contribution >= 4 is 17.6 Å². The molecular weight excluding hydrogens is 401 g/mol. The number of rotatable bonds is 3. The molecule has 0 aromatic heterocycles. The first kappa shape index (κ1) is 19.8. The van der Waals surface area contributed by atoms with Gasteiger partial charge in [-0.15, -0.1) is 0 Å². The third-order valence-electron chi connectivity index (χ3n) is 6.73. The van der Waals surface area contributed by atoms with E-state index in [2.05, 4.69) is 10.2 Å². The van der Waals surface area contributed by atoms with Crippen LogP contribution in [0.1, 0.15) is 30.0 Å². The van der Waals surface area contributed by atoms with E-state index in [0.29, 0.717) is 36.6 Å². The Bertz CT molecular complexity index is 1060. The molecule has 0 radical (unpaired) electrons. The average Bonchev–Trinajstić information content (AvgIpc) is 3.02. The fraction of sp³-hybridized carbons (Fsp3) is 0.391. The lowest BCUT2D eigenvalue weighted by Crippen LogP contribution is -2.57. The molecule has 2 aromatic carbocycles. The molecule has 1 N–H and O–H groups in total. The lowest BCUT2D eigenvalue weighted by molar-refractivity contribution is -0.124. The maximum atomic E-state index is 13.5. The number of methoxy groups -OCH3 is 2. The Hall–Kier alpha value is -3.13. The van der Waals surface area contributed by atoms with Gasteiger partial charge in [0.1, 0.15) is 11.4 Å². The van der Waals surface area contributed by atoms with E-state index in [0.717, 1.165) is 23.4 Å². The van der Waals surface area contributed by atoms with E-state index in [1.54, 1.807) is 14.2 Å². The monoisotopic (exact) mass is 425 g/mol. The molecule has 1 spiro atoms. The molecule has 2 aromatic rings. The van der Waals surface area contributed by atoms with E-state index >= 15 is 0 Å². The number of hydrogen-bond acceptors (Lipinski definition) is 5. The first-order valence-electron chi connectivity index (χ1n) is 10.4. The SMILES string of the molecule is COc1cc2c(cc1OC)[C@@H]1C[C@@]3(CCN1CC2)NC(=O)N(c1ccc(F)cc1)C3=O. The molecule has 162 valence electrons. The fourth-order valence-corrected chi connectivity index (χ4v) is 5.11. The molecule has 8 heteroatoms. The molecule has 0 unspecified atom stereocenters. The lowest BCUT2D eigenvalue weighted by atomic mass is 9.77. The van der Waals surface area contributed by atoms with Crippen molar-refractivity contribution in [3.8, 4) is 11.5 Å². The van der Waals surface area contributed by atoms with Crippen LogP contribution in [0.3, 0.4) is 0 Å². The summed E-state index contributed by atoms with van der Waals surface area (Å²) in [6.07, 6.45) is 1.90. The highest BCUT2D eigenvalue weighted by molar-refractivity contribution is 6.23. The molecule has 0 aliphatic carbocycles. The number of piperidine rings is 1. The quantitative estimate of drug-likeness (QED) is 0.766. The number of nitrogens with one attached hydrogen (secondary N) is 1. The summed E-state index contributed by atoms with van der Waals surface area (Å²) in [7, 11) is 3.22. The number of carbonyl (C=O) groups is 2. The Morgan fingerprint density at radius 3 is 2.48 bits per heavy atom.